The van der Waals surface area contributed by atoms with Crippen molar-refractivity contribution in [1.82, 2.24) is 9.80 Å². The molecule has 0 bridgehead atoms. The monoisotopic (exact) mass is 581 g/mol. The van der Waals surface area contributed by atoms with E-state index in [4.69, 9.17) is 5.26 Å². The van der Waals surface area contributed by atoms with Gasteiger partial charge in [0.2, 0.25) is 10.0 Å². The molecule has 2 aliphatic heterocycles. The second kappa shape index (κ2) is 11.9. The lowest BCUT2D eigenvalue weighted by molar-refractivity contribution is 0.0653. The number of alkyl halides is 2. The third kappa shape index (κ3) is 7.06. The zero-order valence-corrected chi connectivity index (χ0v) is 23.7. The minimum absolute atomic E-state index is 0.00763. The molecule has 12 heteroatoms. The van der Waals surface area contributed by atoms with Gasteiger partial charge >= 0.3 is 0 Å². The molecule has 0 radical (unpaired) electrons. The lowest BCUT2D eigenvalue weighted by atomic mass is 9.83. The molecule has 0 amide bonds. The largest absolute Gasteiger partial charge is 0.380 e. The molecule has 0 aliphatic carbocycles. The predicted molar refractivity (Wildman–Crippen MR) is 147 cm³/mol. The summed E-state index contributed by atoms with van der Waals surface area (Å²) in [7, 11) is -3.88. The zero-order chi connectivity index (χ0) is 29.2. The first-order valence-electron chi connectivity index (χ1n) is 13.3. The van der Waals surface area contributed by atoms with Crippen LogP contribution in [0, 0.1) is 23.0 Å². The summed E-state index contributed by atoms with van der Waals surface area (Å²) in [6.07, 6.45) is 0.852. The topological polar surface area (TPSA) is 88.5 Å². The number of nitriles is 1. The van der Waals surface area contributed by atoms with Gasteiger partial charge in [0.05, 0.1) is 24.8 Å². The molecule has 0 aromatic heterocycles. The number of nitrogens with one attached hydrogen (secondary N) is 2. The molecule has 2 heterocycles. The number of hydrogen-bond donors (Lipinski definition) is 2. The lowest BCUT2D eigenvalue weighted by Crippen LogP contribution is -2.54. The van der Waals surface area contributed by atoms with Crippen LogP contribution in [0.15, 0.2) is 30.3 Å². The highest BCUT2D eigenvalue weighted by molar-refractivity contribution is 7.92. The van der Waals surface area contributed by atoms with Crippen LogP contribution in [0.3, 0.4) is 0 Å². The maximum absolute atomic E-state index is 15.8. The molecule has 4 rings (SSSR count). The number of halogens is 4. The number of hydrogen-bond acceptors (Lipinski definition) is 6. The van der Waals surface area contributed by atoms with Gasteiger partial charge < -0.3 is 5.32 Å². The van der Waals surface area contributed by atoms with Gasteiger partial charge in [0.15, 0.2) is 5.75 Å². The summed E-state index contributed by atoms with van der Waals surface area (Å²) in [5.74, 6) is -2.27. The Morgan fingerprint density at radius 3 is 2.40 bits per heavy atom. The van der Waals surface area contributed by atoms with E-state index in [9.17, 15) is 17.2 Å². The lowest BCUT2D eigenvalue weighted by Gasteiger charge is -2.44. The Labute approximate surface area is 233 Å². The first kappa shape index (κ1) is 30.1. The second-order valence-electron chi connectivity index (χ2n) is 11.3. The summed E-state index contributed by atoms with van der Waals surface area (Å²) >= 11 is 0. The Bertz CT molecular complexity index is 1350. The summed E-state index contributed by atoms with van der Waals surface area (Å²) in [4.78, 5) is 3.80. The van der Waals surface area contributed by atoms with Gasteiger partial charge in [0.1, 0.15) is 17.3 Å². The molecule has 7 nitrogen and oxygen atoms in total. The molecule has 40 heavy (non-hydrogen) atoms. The predicted octanol–water partition coefficient (Wildman–Crippen LogP) is 4.77. The van der Waals surface area contributed by atoms with Crippen molar-refractivity contribution in [2.75, 3.05) is 48.6 Å². The summed E-state index contributed by atoms with van der Waals surface area (Å²) in [6.45, 7) is 6.14. The molecule has 2 N–H and O–H groups in total. The van der Waals surface area contributed by atoms with Crippen molar-refractivity contribution < 1.29 is 26.0 Å². The highest BCUT2D eigenvalue weighted by Gasteiger charge is 2.39. The Kier molecular flexibility index (Phi) is 8.97. The maximum Gasteiger partial charge on any atom is 0.246 e. The summed E-state index contributed by atoms with van der Waals surface area (Å²) in [5.41, 5.74) is -0.112. The van der Waals surface area contributed by atoms with E-state index in [2.05, 4.69) is 14.9 Å². The molecule has 2 atom stereocenters. The smallest absolute Gasteiger partial charge is 0.246 e. The zero-order valence-electron chi connectivity index (χ0n) is 22.9. The minimum Gasteiger partial charge on any atom is -0.380 e. The van der Waals surface area contributed by atoms with Crippen LogP contribution in [0.5, 0.6) is 0 Å². The van der Waals surface area contributed by atoms with Crippen molar-refractivity contribution in [3.8, 4) is 6.07 Å². The van der Waals surface area contributed by atoms with E-state index in [1.807, 2.05) is 6.92 Å². The average molecular weight is 582 g/mol. The number of anilines is 2. The Hall–Kier alpha value is -2.88. The van der Waals surface area contributed by atoms with Crippen molar-refractivity contribution in [2.45, 2.75) is 57.4 Å². The molecule has 218 valence electrons. The Morgan fingerprint density at radius 2 is 1.80 bits per heavy atom. The van der Waals surface area contributed by atoms with Crippen LogP contribution in [0.1, 0.15) is 49.9 Å². The van der Waals surface area contributed by atoms with Gasteiger partial charge in [0, 0.05) is 49.2 Å². The van der Waals surface area contributed by atoms with Gasteiger partial charge in [-0.05, 0) is 69.0 Å². The van der Waals surface area contributed by atoms with Gasteiger partial charge in [-0.1, -0.05) is 6.07 Å². The average Bonchev–Trinajstić information content (AvgIpc) is 2.80. The fourth-order valence-electron chi connectivity index (χ4n) is 5.58. The van der Waals surface area contributed by atoms with Crippen LogP contribution in [0.2, 0.25) is 0 Å². The van der Waals surface area contributed by atoms with Gasteiger partial charge in [-0.3, -0.25) is 18.9 Å². The third-order valence-electron chi connectivity index (χ3n) is 7.23. The Balaban J connectivity index is 1.67. The molecule has 1 fully saturated rings. The summed E-state index contributed by atoms with van der Waals surface area (Å²) in [6, 6.07) is 7.48. The maximum atomic E-state index is 15.8. The molecular weight excluding hydrogens is 546 g/mol. The third-order valence-corrected chi connectivity index (χ3v) is 8.28. The highest BCUT2D eigenvalue weighted by atomic mass is 32.2. The molecular formula is C28H35F4N5O2S. The quantitative estimate of drug-likeness (QED) is 0.372. The van der Waals surface area contributed by atoms with Crippen LogP contribution in [0.25, 0.3) is 0 Å². The molecule has 2 aliphatic rings. The first-order valence-corrected chi connectivity index (χ1v) is 14.9. The van der Waals surface area contributed by atoms with E-state index in [0.29, 0.717) is 43.6 Å². The van der Waals surface area contributed by atoms with Crippen LogP contribution < -0.4 is 10.0 Å². The minimum atomic E-state index is -3.88. The molecule has 2 unspecified atom stereocenters. The number of rotatable bonds is 11. The van der Waals surface area contributed by atoms with Gasteiger partial charge in [-0.25, -0.2) is 21.6 Å². The first-order chi connectivity index (χ1) is 18.8. The van der Waals surface area contributed by atoms with E-state index in [1.165, 1.54) is 32.0 Å². The van der Waals surface area contributed by atoms with Crippen LogP contribution in [-0.4, -0.2) is 74.6 Å². The van der Waals surface area contributed by atoms with Gasteiger partial charge in [0.25, 0.3) is 0 Å². The van der Waals surface area contributed by atoms with Crippen LogP contribution >= 0.6 is 0 Å². The summed E-state index contributed by atoms with van der Waals surface area (Å²) < 4.78 is 85.4. The molecule has 2 aromatic rings. The van der Waals surface area contributed by atoms with E-state index in [-0.39, 0.29) is 42.2 Å². The molecule has 2 aromatic carbocycles. The standard InChI is InChI=1S/C28H35F4N5O2S/c1-18-11-19-12-20(35-40(38,39)10-8-33)5-6-23(19)27(37(18)17-28(2,3)32)26-24(30)13-21(14-25(26)31)34-22-15-36(16-22)9-4-7-29/h5-6,12-14,18,22,27,34-35H,4,7,9-11,15-17H2,1-3H3. The fourth-order valence-corrected chi connectivity index (χ4v) is 6.30. The van der Waals surface area contributed by atoms with Crippen molar-refractivity contribution in [2.24, 2.45) is 0 Å². The number of likely N-dealkylation sites (tertiary alicyclic amines) is 1. The number of sulfonamides is 1. The molecule has 0 saturated carbocycles. The number of benzene rings is 2. The molecule has 0 spiro atoms. The Morgan fingerprint density at radius 1 is 1.12 bits per heavy atom. The van der Waals surface area contributed by atoms with Crippen molar-refractivity contribution in [3.05, 3.63) is 58.7 Å². The number of nitrogens with zero attached hydrogens (tertiary/aromatic N) is 3. The fraction of sp³-hybridized carbons (Fsp3) is 0.536. The SMILES string of the molecule is CC1Cc2cc(NS(=O)(=O)CC#N)ccc2C(c2c(F)cc(NC3CN(CCCF)C3)cc2F)N1CC(C)(C)F. The van der Waals surface area contributed by atoms with Crippen LogP contribution in [-0.2, 0) is 16.4 Å². The number of fused-ring (bicyclic) bond motifs is 1. The van der Waals surface area contributed by atoms with E-state index in [0.717, 1.165) is 0 Å². The van der Waals surface area contributed by atoms with Crippen molar-refractivity contribution >= 4 is 21.4 Å². The second-order valence-corrected chi connectivity index (χ2v) is 13.0. The van der Waals surface area contributed by atoms with E-state index < -0.39 is 39.1 Å². The van der Waals surface area contributed by atoms with Crippen molar-refractivity contribution in [1.29, 1.82) is 5.26 Å². The van der Waals surface area contributed by atoms with Gasteiger partial charge in [-0.15, -0.1) is 0 Å². The van der Waals surface area contributed by atoms with Crippen LogP contribution in [0.4, 0.5) is 28.9 Å². The van der Waals surface area contributed by atoms with Crippen molar-refractivity contribution in [3.63, 3.8) is 0 Å². The summed E-state index contributed by atoms with van der Waals surface area (Å²) in [5, 5.41) is 11.9. The van der Waals surface area contributed by atoms with E-state index in [1.54, 1.807) is 23.1 Å². The van der Waals surface area contributed by atoms with Gasteiger partial charge in [-0.2, -0.15) is 5.26 Å². The normalized spacial score (nSPS) is 20.4. The molecule has 1 saturated heterocycles. The highest BCUT2D eigenvalue weighted by Crippen LogP contribution is 2.42. The van der Waals surface area contributed by atoms with E-state index >= 15 is 8.78 Å².